The molecule has 0 atom stereocenters. The standard InChI is InChI=1S/C25H22F2N6O2.CH5N/c26-17-4-3-5-18(27)24(17)33-22(34)11-9-20(30-33)25(35)29-19-8-10-21-16(14-28-32(21)15-6-7-15)23(19)31-12-1-2-13-31;1-2/h3-5,8-11,14-15H,1-2,6-7,12-13H2,(H,29,35);2H2,1H3. The molecule has 0 spiro atoms. The summed E-state index contributed by atoms with van der Waals surface area (Å²) >= 11 is 0. The third-order valence-electron chi connectivity index (χ3n) is 6.50. The van der Waals surface area contributed by atoms with E-state index >= 15 is 0 Å². The molecule has 37 heavy (non-hydrogen) atoms. The summed E-state index contributed by atoms with van der Waals surface area (Å²) in [5.41, 5.74) is 5.49. The summed E-state index contributed by atoms with van der Waals surface area (Å²) in [5, 5.41) is 12.4. The smallest absolute Gasteiger partial charge is 0.276 e. The number of para-hydroxylation sites is 1. The highest BCUT2D eigenvalue weighted by Crippen LogP contribution is 2.41. The lowest BCUT2D eigenvalue weighted by atomic mass is 10.1. The van der Waals surface area contributed by atoms with E-state index in [-0.39, 0.29) is 5.69 Å². The number of carbonyl (C=O) groups excluding carboxylic acids is 1. The van der Waals surface area contributed by atoms with Gasteiger partial charge in [0.2, 0.25) is 0 Å². The summed E-state index contributed by atoms with van der Waals surface area (Å²) in [6.07, 6.45) is 6.18. The molecule has 0 unspecified atom stereocenters. The fourth-order valence-corrected chi connectivity index (χ4v) is 4.67. The van der Waals surface area contributed by atoms with E-state index in [2.05, 4.69) is 26.1 Å². The van der Waals surface area contributed by atoms with Crippen molar-refractivity contribution in [1.29, 1.82) is 0 Å². The Hall–Kier alpha value is -4.12. The molecular formula is C26H27F2N7O2. The summed E-state index contributed by atoms with van der Waals surface area (Å²) in [7, 11) is 1.50. The van der Waals surface area contributed by atoms with Crippen LogP contribution in [-0.2, 0) is 0 Å². The number of amides is 1. The molecule has 1 saturated heterocycles. The number of hydrogen-bond donors (Lipinski definition) is 2. The minimum absolute atomic E-state index is 0.145. The maximum absolute atomic E-state index is 14.3. The largest absolute Gasteiger partial charge is 0.369 e. The van der Waals surface area contributed by atoms with E-state index in [4.69, 9.17) is 0 Å². The van der Waals surface area contributed by atoms with Gasteiger partial charge in [-0.2, -0.15) is 14.9 Å². The lowest BCUT2D eigenvalue weighted by Crippen LogP contribution is -2.27. The molecule has 2 fully saturated rings. The number of nitrogens with zero attached hydrogens (tertiary/aromatic N) is 5. The highest BCUT2D eigenvalue weighted by atomic mass is 19.1. The lowest BCUT2D eigenvalue weighted by molar-refractivity contribution is 0.102. The first-order valence-corrected chi connectivity index (χ1v) is 12.2. The van der Waals surface area contributed by atoms with Crippen LogP contribution in [0, 0.1) is 11.6 Å². The first-order valence-electron chi connectivity index (χ1n) is 12.2. The monoisotopic (exact) mass is 507 g/mol. The van der Waals surface area contributed by atoms with E-state index in [1.54, 1.807) is 0 Å². The number of aromatic nitrogens is 4. The predicted molar refractivity (Wildman–Crippen MR) is 137 cm³/mol. The molecule has 2 aromatic heterocycles. The van der Waals surface area contributed by atoms with Gasteiger partial charge in [-0.25, -0.2) is 8.78 Å². The number of nitrogens with two attached hydrogens (primary N) is 1. The van der Waals surface area contributed by atoms with Crippen molar-refractivity contribution in [3.8, 4) is 5.69 Å². The highest BCUT2D eigenvalue weighted by Gasteiger charge is 2.28. The van der Waals surface area contributed by atoms with Crippen molar-refractivity contribution in [3.63, 3.8) is 0 Å². The molecule has 192 valence electrons. The van der Waals surface area contributed by atoms with Crippen molar-refractivity contribution in [2.75, 3.05) is 30.4 Å². The van der Waals surface area contributed by atoms with Crippen molar-refractivity contribution in [1.82, 2.24) is 19.6 Å². The number of halogens is 2. The number of rotatable bonds is 5. The Bertz CT molecular complexity index is 1500. The van der Waals surface area contributed by atoms with E-state index in [1.807, 2.05) is 23.0 Å². The van der Waals surface area contributed by atoms with Crippen LogP contribution in [0.1, 0.15) is 42.2 Å². The van der Waals surface area contributed by atoms with Gasteiger partial charge in [-0.3, -0.25) is 14.3 Å². The van der Waals surface area contributed by atoms with Gasteiger partial charge in [-0.15, -0.1) is 0 Å². The summed E-state index contributed by atoms with van der Waals surface area (Å²) in [5.74, 6) is -2.50. The fourth-order valence-electron chi connectivity index (χ4n) is 4.67. The van der Waals surface area contributed by atoms with Crippen LogP contribution < -0.4 is 21.5 Å². The molecule has 9 nitrogen and oxygen atoms in total. The van der Waals surface area contributed by atoms with Crippen LogP contribution in [0.25, 0.3) is 16.6 Å². The SMILES string of the molecule is CN.O=C(Nc1ccc2c(cnn2C2CC2)c1N1CCCC1)c1ccc(=O)n(-c2c(F)cccc2F)n1. The first-order chi connectivity index (χ1) is 18.0. The van der Waals surface area contributed by atoms with Gasteiger partial charge >= 0.3 is 0 Å². The van der Waals surface area contributed by atoms with Crippen molar-refractivity contribution >= 4 is 28.2 Å². The van der Waals surface area contributed by atoms with E-state index in [1.165, 1.54) is 19.2 Å². The first kappa shape index (κ1) is 24.6. The Morgan fingerprint density at radius 1 is 1.00 bits per heavy atom. The Morgan fingerprint density at radius 2 is 1.70 bits per heavy atom. The highest BCUT2D eigenvalue weighted by molar-refractivity contribution is 6.08. The summed E-state index contributed by atoms with van der Waals surface area (Å²) < 4.78 is 31.2. The average Bonchev–Trinajstić information content (AvgIpc) is 3.42. The van der Waals surface area contributed by atoms with Crippen LogP contribution in [0.5, 0.6) is 0 Å². The van der Waals surface area contributed by atoms with Crippen LogP contribution in [0.15, 0.2) is 53.5 Å². The Balaban J connectivity index is 0.00000137. The predicted octanol–water partition coefficient (Wildman–Crippen LogP) is 3.62. The molecule has 3 heterocycles. The van der Waals surface area contributed by atoms with Gasteiger partial charge in [-0.1, -0.05) is 6.07 Å². The van der Waals surface area contributed by atoms with E-state index in [0.29, 0.717) is 16.4 Å². The van der Waals surface area contributed by atoms with Gasteiger partial charge < -0.3 is 16.0 Å². The zero-order valence-electron chi connectivity index (χ0n) is 20.3. The van der Waals surface area contributed by atoms with E-state index in [9.17, 15) is 18.4 Å². The van der Waals surface area contributed by atoms with Gasteiger partial charge in [-0.05, 0) is 63.1 Å². The molecular weight excluding hydrogens is 480 g/mol. The lowest BCUT2D eigenvalue weighted by Gasteiger charge is -2.23. The molecule has 6 rings (SSSR count). The second-order valence-corrected chi connectivity index (χ2v) is 8.90. The molecule has 1 saturated carbocycles. The summed E-state index contributed by atoms with van der Waals surface area (Å²) in [4.78, 5) is 27.7. The maximum atomic E-state index is 14.3. The fraction of sp³-hybridized carbons (Fsp3) is 0.308. The Morgan fingerprint density at radius 3 is 2.38 bits per heavy atom. The summed E-state index contributed by atoms with van der Waals surface area (Å²) in [6.45, 7) is 1.73. The van der Waals surface area contributed by atoms with Gasteiger partial charge in [0, 0.05) is 24.5 Å². The number of nitrogens with one attached hydrogen (secondary N) is 1. The molecule has 0 bridgehead atoms. The zero-order valence-corrected chi connectivity index (χ0v) is 20.3. The maximum Gasteiger partial charge on any atom is 0.276 e. The van der Waals surface area contributed by atoms with Crippen LogP contribution in [-0.4, -0.2) is 45.6 Å². The molecule has 2 aliphatic rings. The van der Waals surface area contributed by atoms with Crippen LogP contribution >= 0.6 is 0 Å². The van der Waals surface area contributed by atoms with Crippen molar-refractivity contribution in [2.45, 2.75) is 31.7 Å². The number of carbonyl (C=O) groups is 1. The van der Waals surface area contributed by atoms with Crippen LogP contribution in [0.4, 0.5) is 20.2 Å². The topological polar surface area (TPSA) is 111 Å². The molecule has 1 aliphatic carbocycles. The number of hydrogen-bond acceptors (Lipinski definition) is 6. The zero-order chi connectivity index (χ0) is 26.1. The van der Waals surface area contributed by atoms with Crippen LogP contribution in [0.3, 0.4) is 0 Å². The molecule has 4 aromatic rings. The second kappa shape index (κ2) is 10.1. The Kier molecular flexibility index (Phi) is 6.70. The second-order valence-electron chi connectivity index (χ2n) is 8.90. The summed E-state index contributed by atoms with van der Waals surface area (Å²) in [6, 6.07) is 9.77. The molecule has 11 heteroatoms. The Labute approximate surface area is 211 Å². The molecule has 0 radical (unpaired) electrons. The number of anilines is 2. The number of benzene rings is 2. The van der Waals surface area contributed by atoms with Crippen molar-refractivity contribution in [2.24, 2.45) is 5.73 Å². The molecule has 1 amide bonds. The normalized spacial score (nSPS) is 15.0. The van der Waals surface area contributed by atoms with Gasteiger partial charge in [0.15, 0.2) is 11.6 Å². The van der Waals surface area contributed by atoms with Gasteiger partial charge in [0.1, 0.15) is 11.4 Å². The minimum Gasteiger partial charge on any atom is -0.369 e. The third-order valence-corrected chi connectivity index (χ3v) is 6.50. The third kappa shape index (κ3) is 4.57. The quantitative estimate of drug-likeness (QED) is 0.427. The minimum atomic E-state index is -0.952. The van der Waals surface area contributed by atoms with Crippen LogP contribution in [0.2, 0.25) is 0 Å². The van der Waals surface area contributed by atoms with Crippen molar-refractivity contribution in [3.05, 3.63) is 76.3 Å². The number of fused-ring (bicyclic) bond motifs is 1. The van der Waals surface area contributed by atoms with E-state index in [0.717, 1.165) is 73.6 Å². The molecule has 1 aliphatic heterocycles. The van der Waals surface area contributed by atoms with Gasteiger partial charge in [0.25, 0.3) is 11.5 Å². The van der Waals surface area contributed by atoms with Crippen molar-refractivity contribution < 1.29 is 13.6 Å². The van der Waals surface area contributed by atoms with E-state index < -0.39 is 28.8 Å². The average molecular weight is 508 g/mol. The van der Waals surface area contributed by atoms with Gasteiger partial charge in [0.05, 0.1) is 29.1 Å². The molecule has 3 N–H and O–H groups in total. The molecule has 2 aromatic carbocycles.